The number of carbonyl (C=O) groups is 2. The zero-order chi connectivity index (χ0) is 20.0. The number of hydrogen-bond donors (Lipinski definition) is 0. The summed E-state index contributed by atoms with van der Waals surface area (Å²) in [5.74, 6) is 2.44. The molecule has 1 fully saturated rings. The number of hydrogen-bond acceptors (Lipinski definition) is 5. The monoisotopic (exact) mass is 394 g/mol. The molecule has 7 heteroatoms. The van der Waals surface area contributed by atoms with Crippen LogP contribution < -0.4 is 9.47 Å². The molecule has 0 spiro atoms. The van der Waals surface area contributed by atoms with Crippen LogP contribution in [0.4, 0.5) is 0 Å². The second-order valence-corrected chi connectivity index (χ2v) is 8.00. The molecule has 0 radical (unpaired) electrons. The van der Waals surface area contributed by atoms with Crippen LogP contribution in [0.3, 0.4) is 0 Å². The van der Waals surface area contributed by atoms with Crippen LogP contribution in [-0.4, -0.2) is 61.2 Å². The van der Waals surface area contributed by atoms with Crippen molar-refractivity contribution in [3.8, 4) is 11.5 Å². The number of benzene rings is 1. The van der Waals surface area contributed by atoms with Crippen molar-refractivity contribution in [2.24, 2.45) is 5.92 Å². The molecule has 1 saturated heterocycles. The summed E-state index contributed by atoms with van der Waals surface area (Å²) < 4.78 is 10.8. The molecule has 0 unspecified atom stereocenters. The van der Waals surface area contributed by atoms with Gasteiger partial charge in [0.25, 0.3) is 0 Å². The quantitative estimate of drug-likeness (QED) is 0.644. The number of amides is 2. The van der Waals surface area contributed by atoms with Crippen molar-refractivity contribution in [1.29, 1.82) is 0 Å². The Bertz CT molecular complexity index is 665. The molecule has 1 heterocycles. The van der Waals surface area contributed by atoms with Crippen LogP contribution in [0.5, 0.6) is 11.5 Å². The fourth-order valence-electron chi connectivity index (χ4n) is 3.15. The first-order valence-electron chi connectivity index (χ1n) is 9.32. The smallest absolute Gasteiger partial charge is 0.233 e. The molecule has 1 aromatic carbocycles. The number of nitrogens with zero attached hydrogens (tertiary/aromatic N) is 2. The lowest BCUT2D eigenvalue weighted by Crippen LogP contribution is -2.40. The van der Waals surface area contributed by atoms with Gasteiger partial charge in [-0.1, -0.05) is 13.8 Å². The fourth-order valence-corrected chi connectivity index (χ4v) is 4.38. The summed E-state index contributed by atoms with van der Waals surface area (Å²) in [4.78, 5) is 28.5. The van der Waals surface area contributed by atoms with E-state index >= 15 is 0 Å². The minimum Gasteiger partial charge on any atom is -0.497 e. The molecule has 1 atom stereocenters. The van der Waals surface area contributed by atoms with Gasteiger partial charge in [0.15, 0.2) is 0 Å². The van der Waals surface area contributed by atoms with Crippen molar-refractivity contribution >= 4 is 23.6 Å². The lowest BCUT2D eigenvalue weighted by atomic mass is 10.1. The maximum absolute atomic E-state index is 12.5. The molecular formula is C20H30N2O4S. The van der Waals surface area contributed by atoms with Crippen molar-refractivity contribution in [1.82, 2.24) is 9.80 Å². The zero-order valence-corrected chi connectivity index (χ0v) is 17.7. The normalized spacial score (nSPS) is 16.7. The largest absolute Gasteiger partial charge is 0.497 e. The number of likely N-dealkylation sites (N-methyl/N-ethyl adjacent to an activating group) is 1. The van der Waals surface area contributed by atoms with Crippen molar-refractivity contribution in [3.05, 3.63) is 23.8 Å². The van der Waals surface area contributed by atoms with Crippen LogP contribution in [0, 0.1) is 5.92 Å². The van der Waals surface area contributed by atoms with Crippen LogP contribution >= 0.6 is 11.8 Å². The Hall–Kier alpha value is -1.89. The van der Waals surface area contributed by atoms with E-state index in [9.17, 15) is 9.59 Å². The highest BCUT2D eigenvalue weighted by atomic mass is 32.2. The van der Waals surface area contributed by atoms with E-state index in [0.29, 0.717) is 37.7 Å². The SMILES string of the molecule is CCN(CCN1C(=O)CS[C@H]1c1cc(OC)ccc1OC)C(=O)CC(C)C. The minimum absolute atomic E-state index is 0.0854. The Morgan fingerprint density at radius 1 is 1.33 bits per heavy atom. The van der Waals surface area contributed by atoms with Crippen LogP contribution in [0.25, 0.3) is 0 Å². The Morgan fingerprint density at radius 2 is 2.07 bits per heavy atom. The van der Waals surface area contributed by atoms with Crippen molar-refractivity contribution in [3.63, 3.8) is 0 Å². The lowest BCUT2D eigenvalue weighted by molar-refractivity contribution is -0.134. The van der Waals surface area contributed by atoms with E-state index in [0.717, 1.165) is 17.1 Å². The lowest BCUT2D eigenvalue weighted by Gasteiger charge is -2.29. The second-order valence-electron chi connectivity index (χ2n) is 6.93. The van der Waals surface area contributed by atoms with Crippen LogP contribution in [0.2, 0.25) is 0 Å². The maximum Gasteiger partial charge on any atom is 0.233 e. The molecule has 2 rings (SSSR count). The molecule has 1 aliphatic rings. The highest BCUT2D eigenvalue weighted by Gasteiger charge is 2.35. The topological polar surface area (TPSA) is 59.1 Å². The van der Waals surface area contributed by atoms with E-state index in [4.69, 9.17) is 9.47 Å². The summed E-state index contributed by atoms with van der Waals surface area (Å²) in [5.41, 5.74) is 0.921. The summed E-state index contributed by atoms with van der Waals surface area (Å²) in [5, 5.41) is -0.138. The van der Waals surface area contributed by atoms with Gasteiger partial charge >= 0.3 is 0 Å². The molecule has 0 bridgehead atoms. The Morgan fingerprint density at radius 3 is 2.67 bits per heavy atom. The molecule has 6 nitrogen and oxygen atoms in total. The van der Waals surface area contributed by atoms with Crippen molar-refractivity contribution < 1.29 is 19.1 Å². The molecule has 0 aliphatic carbocycles. The van der Waals surface area contributed by atoms with Crippen molar-refractivity contribution in [2.45, 2.75) is 32.6 Å². The van der Waals surface area contributed by atoms with E-state index in [1.165, 1.54) is 0 Å². The molecule has 0 aromatic heterocycles. The van der Waals surface area contributed by atoms with E-state index in [1.54, 1.807) is 26.0 Å². The number of thioether (sulfide) groups is 1. The third-order valence-electron chi connectivity index (χ3n) is 4.60. The van der Waals surface area contributed by atoms with Crippen LogP contribution in [-0.2, 0) is 9.59 Å². The zero-order valence-electron chi connectivity index (χ0n) is 16.9. The summed E-state index contributed by atoms with van der Waals surface area (Å²) in [7, 11) is 3.25. The van der Waals surface area contributed by atoms with Gasteiger partial charge in [-0.05, 0) is 31.0 Å². The number of carbonyl (C=O) groups excluding carboxylic acids is 2. The first-order valence-corrected chi connectivity index (χ1v) is 10.4. The maximum atomic E-state index is 12.5. The Balaban J connectivity index is 2.15. The summed E-state index contributed by atoms with van der Waals surface area (Å²) in [6.07, 6.45) is 0.531. The molecule has 1 aliphatic heterocycles. The van der Waals surface area contributed by atoms with Gasteiger partial charge in [-0.25, -0.2) is 0 Å². The molecule has 27 heavy (non-hydrogen) atoms. The highest BCUT2D eigenvalue weighted by molar-refractivity contribution is 8.00. The number of ether oxygens (including phenoxy) is 2. The van der Waals surface area contributed by atoms with E-state index in [-0.39, 0.29) is 17.2 Å². The summed E-state index contributed by atoms with van der Waals surface area (Å²) >= 11 is 1.58. The number of methoxy groups -OCH3 is 2. The fraction of sp³-hybridized carbons (Fsp3) is 0.600. The molecule has 2 amide bonds. The average Bonchev–Trinajstić information content (AvgIpc) is 3.01. The minimum atomic E-state index is -0.138. The second kappa shape index (κ2) is 9.88. The van der Waals surface area contributed by atoms with Gasteiger partial charge < -0.3 is 19.3 Å². The van der Waals surface area contributed by atoms with E-state index < -0.39 is 0 Å². The van der Waals surface area contributed by atoms with Gasteiger partial charge in [0.1, 0.15) is 16.9 Å². The Kier molecular flexibility index (Phi) is 7.83. The van der Waals surface area contributed by atoms with Crippen molar-refractivity contribution in [2.75, 3.05) is 39.6 Å². The van der Waals surface area contributed by atoms with Gasteiger partial charge in [-0.3, -0.25) is 9.59 Å². The first-order chi connectivity index (χ1) is 12.9. The molecule has 0 N–H and O–H groups in total. The van der Waals surface area contributed by atoms with Gasteiger partial charge in [0.2, 0.25) is 11.8 Å². The Labute approximate surface area is 166 Å². The standard InChI is InChI=1S/C20H30N2O4S/c1-6-21(18(23)11-14(2)3)9-10-22-19(24)13-27-20(22)16-12-15(25-4)7-8-17(16)26-5/h7-8,12,14,20H,6,9-11,13H2,1-5H3/t20-/m0/s1. The highest BCUT2D eigenvalue weighted by Crippen LogP contribution is 2.43. The number of rotatable bonds is 9. The van der Waals surface area contributed by atoms with Gasteiger partial charge in [-0.2, -0.15) is 0 Å². The van der Waals surface area contributed by atoms with E-state index in [2.05, 4.69) is 0 Å². The predicted octanol–water partition coefficient (Wildman–Crippen LogP) is 3.17. The van der Waals surface area contributed by atoms with Crippen LogP contribution in [0.15, 0.2) is 18.2 Å². The average molecular weight is 395 g/mol. The first kappa shape index (κ1) is 21.4. The third-order valence-corrected chi connectivity index (χ3v) is 5.84. The molecule has 1 aromatic rings. The summed E-state index contributed by atoms with van der Waals surface area (Å²) in [6.45, 7) is 7.75. The van der Waals surface area contributed by atoms with Gasteiger partial charge in [-0.15, -0.1) is 11.8 Å². The van der Waals surface area contributed by atoms with Gasteiger partial charge in [0.05, 0.1) is 20.0 Å². The van der Waals surface area contributed by atoms with E-state index in [1.807, 2.05) is 48.8 Å². The summed E-state index contributed by atoms with van der Waals surface area (Å²) in [6, 6.07) is 5.63. The molecular weight excluding hydrogens is 364 g/mol. The predicted molar refractivity (Wildman–Crippen MR) is 108 cm³/mol. The van der Waals surface area contributed by atoms with Gasteiger partial charge in [0, 0.05) is 31.6 Å². The van der Waals surface area contributed by atoms with Crippen LogP contribution in [0.1, 0.15) is 38.1 Å². The third kappa shape index (κ3) is 5.31. The molecule has 150 valence electrons. The molecule has 0 saturated carbocycles.